The number of rotatable bonds is 7. The minimum absolute atomic E-state index is 0.114. The minimum Gasteiger partial charge on any atom is -0.496 e. The van der Waals surface area contributed by atoms with E-state index in [1.807, 2.05) is 0 Å². The molecule has 7 nitrogen and oxygen atoms in total. The Morgan fingerprint density at radius 2 is 1.54 bits per heavy atom. The number of amides is 1. The predicted molar refractivity (Wildman–Crippen MR) is 104 cm³/mol. The topological polar surface area (TPSA) is 90.9 Å². The quantitative estimate of drug-likeness (QED) is 0.583. The lowest BCUT2D eigenvalue weighted by molar-refractivity contribution is 0.0599. The number of allylic oxidation sites excluding steroid dienone is 1. The third kappa shape index (κ3) is 4.76. The van der Waals surface area contributed by atoms with Gasteiger partial charge in [-0.1, -0.05) is 6.08 Å². The van der Waals surface area contributed by atoms with E-state index in [1.54, 1.807) is 31.4 Å². The molecule has 0 aliphatic heterocycles. The molecule has 2 rings (SSSR count). The predicted octanol–water partition coefficient (Wildman–Crippen LogP) is 3.25. The van der Waals surface area contributed by atoms with Gasteiger partial charge in [-0.25, -0.2) is 9.59 Å². The van der Waals surface area contributed by atoms with Crippen molar-refractivity contribution in [3.05, 3.63) is 71.3 Å². The fourth-order valence-corrected chi connectivity index (χ4v) is 2.61. The van der Waals surface area contributed by atoms with Crippen LogP contribution in [-0.4, -0.2) is 39.2 Å². The zero-order valence-electron chi connectivity index (χ0n) is 15.9. The second-order valence-corrected chi connectivity index (χ2v) is 5.76. The first-order chi connectivity index (χ1) is 13.4. The standard InChI is InChI=1S/C21H21NO6/c1-5-6-13-9-14(7-8-18(13)26-2)19(23)22-17-11-15(20(24)27-3)10-16(12-17)21(25)28-4/h5,7-12H,1,6H2,2-4H3,(H,22,23). The van der Waals surface area contributed by atoms with E-state index in [0.717, 1.165) is 5.56 Å². The Morgan fingerprint density at radius 3 is 2.04 bits per heavy atom. The van der Waals surface area contributed by atoms with Crippen molar-refractivity contribution in [2.75, 3.05) is 26.6 Å². The lowest BCUT2D eigenvalue weighted by Gasteiger charge is -2.12. The van der Waals surface area contributed by atoms with Gasteiger partial charge >= 0.3 is 11.9 Å². The average Bonchev–Trinajstić information content (AvgIpc) is 2.72. The maximum atomic E-state index is 12.7. The molecule has 2 aromatic carbocycles. The van der Waals surface area contributed by atoms with Crippen molar-refractivity contribution in [2.45, 2.75) is 6.42 Å². The van der Waals surface area contributed by atoms with Crippen molar-refractivity contribution < 1.29 is 28.6 Å². The smallest absolute Gasteiger partial charge is 0.337 e. The molecule has 0 atom stereocenters. The number of carbonyl (C=O) groups excluding carboxylic acids is 3. The van der Waals surface area contributed by atoms with Crippen LogP contribution in [0.3, 0.4) is 0 Å². The molecule has 0 spiro atoms. The second-order valence-electron chi connectivity index (χ2n) is 5.76. The van der Waals surface area contributed by atoms with Crippen LogP contribution in [0, 0.1) is 0 Å². The van der Waals surface area contributed by atoms with Crippen molar-refractivity contribution in [1.82, 2.24) is 0 Å². The van der Waals surface area contributed by atoms with Gasteiger partial charge in [0.15, 0.2) is 0 Å². The Bertz CT molecular complexity index is 885. The summed E-state index contributed by atoms with van der Waals surface area (Å²) in [4.78, 5) is 36.4. The Labute approximate surface area is 162 Å². The average molecular weight is 383 g/mol. The molecule has 0 fully saturated rings. The highest BCUT2D eigenvalue weighted by Crippen LogP contribution is 2.22. The summed E-state index contributed by atoms with van der Waals surface area (Å²) in [6, 6.07) is 9.18. The van der Waals surface area contributed by atoms with Crippen molar-refractivity contribution in [1.29, 1.82) is 0 Å². The number of benzene rings is 2. The fourth-order valence-electron chi connectivity index (χ4n) is 2.61. The second kappa shape index (κ2) is 9.36. The van der Waals surface area contributed by atoms with Crippen LogP contribution in [0.1, 0.15) is 36.6 Å². The summed E-state index contributed by atoms with van der Waals surface area (Å²) in [6.07, 6.45) is 2.25. The normalized spacial score (nSPS) is 9.96. The van der Waals surface area contributed by atoms with Crippen LogP contribution in [0.5, 0.6) is 5.75 Å². The maximum absolute atomic E-state index is 12.7. The first-order valence-electron chi connectivity index (χ1n) is 8.34. The zero-order chi connectivity index (χ0) is 20.7. The number of anilines is 1. The number of hydrogen-bond donors (Lipinski definition) is 1. The van der Waals surface area contributed by atoms with Gasteiger partial charge in [0.2, 0.25) is 0 Å². The van der Waals surface area contributed by atoms with Crippen molar-refractivity contribution in [3.63, 3.8) is 0 Å². The molecule has 0 heterocycles. The van der Waals surface area contributed by atoms with Crippen LogP contribution < -0.4 is 10.1 Å². The molecule has 146 valence electrons. The highest BCUT2D eigenvalue weighted by Gasteiger charge is 2.16. The number of methoxy groups -OCH3 is 3. The summed E-state index contributed by atoms with van der Waals surface area (Å²) >= 11 is 0. The van der Waals surface area contributed by atoms with Gasteiger partial charge < -0.3 is 19.5 Å². The Hall–Kier alpha value is -3.61. The zero-order valence-corrected chi connectivity index (χ0v) is 15.9. The molecule has 0 aromatic heterocycles. The molecule has 0 bridgehead atoms. The van der Waals surface area contributed by atoms with Gasteiger partial charge in [-0.2, -0.15) is 0 Å². The van der Waals surface area contributed by atoms with Gasteiger partial charge in [0.25, 0.3) is 5.91 Å². The van der Waals surface area contributed by atoms with E-state index < -0.39 is 17.8 Å². The summed E-state index contributed by atoms with van der Waals surface area (Å²) in [7, 11) is 4.00. The monoisotopic (exact) mass is 383 g/mol. The molecule has 0 saturated carbocycles. The number of ether oxygens (including phenoxy) is 3. The van der Waals surface area contributed by atoms with Gasteiger partial charge in [0, 0.05) is 11.3 Å². The molecular weight excluding hydrogens is 362 g/mol. The Morgan fingerprint density at radius 1 is 0.929 bits per heavy atom. The first kappa shape index (κ1) is 20.7. The Kier molecular flexibility index (Phi) is 6.92. The highest BCUT2D eigenvalue weighted by atomic mass is 16.5. The lowest BCUT2D eigenvalue weighted by Crippen LogP contribution is -2.14. The van der Waals surface area contributed by atoms with Gasteiger partial charge in [-0.15, -0.1) is 6.58 Å². The minimum atomic E-state index is -0.640. The number of esters is 2. The van der Waals surface area contributed by atoms with E-state index in [1.165, 1.54) is 32.4 Å². The molecule has 0 radical (unpaired) electrons. The molecular formula is C21H21NO6. The fraction of sp³-hybridized carbons (Fsp3) is 0.190. The maximum Gasteiger partial charge on any atom is 0.337 e. The number of hydrogen-bond acceptors (Lipinski definition) is 6. The molecule has 1 N–H and O–H groups in total. The van der Waals surface area contributed by atoms with Crippen LogP contribution in [0.2, 0.25) is 0 Å². The Balaban J connectivity index is 2.37. The van der Waals surface area contributed by atoms with Gasteiger partial charge in [-0.3, -0.25) is 4.79 Å². The summed E-state index contributed by atoms with van der Waals surface area (Å²) < 4.78 is 14.7. The number of nitrogens with one attached hydrogen (secondary N) is 1. The highest BCUT2D eigenvalue weighted by molar-refractivity contribution is 6.06. The molecule has 0 aliphatic rings. The summed E-state index contributed by atoms with van der Waals surface area (Å²) in [5, 5.41) is 2.68. The van der Waals surface area contributed by atoms with Crippen LogP contribution in [-0.2, 0) is 15.9 Å². The third-order valence-electron chi connectivity index (χ3n) is 3.94. The third-order valence-corrected chi connectivity index (χ3v) is 3.94. The van der Waals surface area contributed by atoms with Gasteiger partial charge in [0.05, 0.1) is 32.5 Å². The summed E-state index contributed by atoms with van der Waals surface area (Å²) in [5.41, 5.74) is 1.68. The van der Waals surface area contributed by atoms with Crippen molar-refractivity contribution in [3.8, 4) is 5.75 Å². The van der Waals surface area contributed by atoms with Crippen LogP contribution in [0.25, 0.3) is 0 Å². The van der Waals surface area contributed by atoms with E-state index in [-0.39, 0.29) is 16.8 Å². The molecule has 28 heavy (non-hydrogen) atoms. The largest absolute Gasteiger partial charge is 0.496 e. The number of carbonyl (C=O) groups is 3. The van der Waals surface area contributed by atoms with Crippen LogP contribution >= 0.6 is 0 Å². The van der Waals surface area contributed by atoms with E-state index >= 15 is 0 Å². The molecule has 7 heteroatoms. The van der Waals surface area contributed by atoms with E-state index in [4.69, 9.17) is 14.2 Å². The molecule has 0 unspecified atom stereocenters. The summed E-state index contributed by atoms with van der Waals surface area (Å²) in [5.74, 6) is -1.04. The lowest BCUT2D eigenvalue weighted by atomic mass is 10.1. The molecule has 0 saturated heterocycles. The van der Waals surface area contributed by atoms with Gasteiger partial charge in [-0.05, 0) is 48.4 Å². The van der Waals surface area contributed by atoms with Crippen LogP contribution in [0.15, 0.2) is 49.1 Å². The molecule has 2 aromatic rings. The van der Waals surface area contributed by atoms with Crippen LogP contribution in [0.4, 0.5) is 5.69 Å². The molecule has 1 amide bonds. The van der Waals surface area contributed by atoms with E-state index in [2.05, 4.69) is 11.9 Å². The van der Waals surface area contributed by atoms with Gasteiger partial charge in [0.1, 0.15) is 5.75 Å². The van der Waals surface area contributed by atoms with Crippen molar-refractivity contribution in [2.24, 2.45) is 0 Å². The summed E-state index contributed by atoms with van der Waals surface area (Å²) in [6.45, 7) is 3.70. The van der Waals surface area contributed by atoms with E-state index in [9.17, 15) is 14.4 Å². The molecule has 0 aliphatic carbocycles. The van der Waals surface area contributed by atoms with E-state index in [0.29, 0.717) is 17.7 Å². The SMILES string of the molecule is C=CCc1cc(C(=O)Nc2cc(C(=O)OC)cc(C(=O)OC)c2)ccc1OC. The first-order valence-corrected chi connectivity index (χ1v) is 8.34. The van der Waals surface area contributed by atoms with Crippen molar-refractivity contribution >= 4 is 23.5 Å².